The van der Waals surface area contributed by atoms with Gasteiger partial charge in [-0.05, 0) is 35.9 Å². The van der Waals surface area contributed by atoms with Crippen molar-refractivity contribution in [2.24, 2.45) is 4.99 Å². The second-order valence-corrected chi connectivity index (χ2v) is 9.52. The summed E-state index contributed by atoms with van der Waals surface area (Å²) in [6, 6.07) is 14.9. The van der Waals surface area contributed by atoms with Crippen LogP contribution in [0.25, 0.3) is 0 Å². The molecule has 2 aliphatic heterocycles. The van der Waals surface area contributed by atoms with E-state index >= 15 is 0 Å². The Kier molecular flexibility index (Phi) is 8.08. The molecule has 0 saturated carbocycles. The summed E-state index contributed by atoms with van der Waals surface area (Å²) in [6.07, 6.45) is 0. The Morgan fingerprint density at radius 3 is 2.66 bits per heavy atom. The Bertz CT molecular complexity index is 975. The van der Waals surface area contributed by atoms with Crippen molar-refractivity contribution in [1.29, 1.82) is 0 Å². The fourth-order valence-electron chi connectivity index (χ4n) is 3.37. The van der Waals surface area contributed by atoms with Crippen LogP contribution in [0.15, 0.2) is 53.5 Å². The number of amides is 1. The molecule has 4 rings (SSSR count). The molecule has 2 aromatic rings. The van der Waals surface area contributed by atoms with Crippen molar-refractivity contribution in [3.05, 3.63) is 59.7 Å². The lowest BCUT2D eigenvalue weighted by Crippen LogP contribution is -2.36. The van der Waals surface area contributed by atoms with E-state index in [1.807, 2.05) is 36.4 Å². The predicted molar refractivity (Wildman–Crippen MR) is 131 cm³/mol. The minimum absolute atomic E-state index is 0.339. The van der Waals surface area contributed by atoms with Gasteiger partial charge in [0.25, 0.3) is 5.91 Å². The van der Waals surface area contributed by atoms with E-state index < -0.39 is 5.97 Å². The molecule has 2 heterocycles. The Hall–Kier alpha value is -2.49. The van der Waals surface area contributed by atoms with Crippen LogP contribution in [-0.2, 0) is 20.0 Å². The Labute approximate surface area is 195 Å². The number of anilines is 2. The number of esters is 1. The number of carbonyl (C=O) groups excluding carboxylic acids is 2. The molecule has 7 nitrogen and oxygen atoms in total. The number of thioether (sulfide) groups is 2. The van der Waals surface area contributed by atoms with Gasteiger partial charge in [-0.2, -0.15) is 0 Å². The van der Waals surface area contributed by atoms with E-state index in [1.54, 1.807) is 35.7 Å². The molecule has 0 spiro atoms. The quantitative estimate of drug-likeness (QED) is 0.618. The van der Waals surface area contributed by atoms with Gasteiger partial charge in [-0.25, -0.2) is 4.79 Å². The minimum Gasteiger partial charge on any atom is -0.452 e. The smallest absolute Gasteiger partial charge is 0.338 e. The highest BCUT2D eigenvalue weighted by Crippen LogP contribution is 2.26. The summed E-state index contributed by atoms with van der Waals surface area (Å²) in [6.45, 7) is 3.66. The van der Waals surface area contributed by atoms with Crippen molar-refractivity contribution in [2.45, 2.75) is 5.75 Å². The molecule has 0 radical (unpaired) electrons. The lowest BCUT2D eigenvalue weighted by Gasteiger charge is -2.28. The summed E-state index contributed by atoms with van der Waals surface area (Å²) in [5.41, 5.74) is 3.10. The number of rotatable bonds is 7. The molecule has 0 atom stereocenters. The number of benzene rings is 2. The first kappa shape index (κ1) is 22.7. The predicted octanol–water partition coefficient (Wildman–Crippen LogP) is 3.65. The van der Waals surface area contributed by atoms with Crippen molar-refractivity contribution >= 4 is 51.2 Å². The number of hydrogen-bond donors (Lipinski definition) is 1. The van der Waals surface area contributed by atoms with Gasteiger partial charge >= 0.3 is 5.97 Å². The standard InChI is InChI=1S/C23H25N3O4S2/c27-21(25-18-5-7-19(8-6-18)26-10-12-29-13-11-26)15-30-22(28)20-4-2-1-3-17(20)16-32-23-24-9-14-31-23/h1-8H,9-16H2,(H,25,27). The van der Waals surface area contributed by atoms with Gasteiger partial charge in [0.1, 0.15) is 4.38 Å². The summed E-state index contributed by atoms with van der Waals surface area (Å²) in [5, 5.41) is 2.77. The molecule has 0 aromatic heterocycles. The fraction of sp³-hybridized carbons (Fsp3) is 0.348. The van der Waals surface area contributed by atoms with Gasteiger partial charge in [0.2, 0.25) is 0 Å². The molecule has 1 saturated heterocycles. The van der Waals surface area contributed by atoms with Gasteiger partial charge in [0, 0.05) is 36.0 Å². The second-order valence-electron chi connectivity index (χ2n) is 7.21. The molecule has 32 heavy (non-hydrogen) atoms. The molecule has 0 aliphatic carbocycles. The zero-order chi connectivity index (χ0) is 22.2. The van der Waals surface area contributed by atoms with E-state index in [0.29, 0.717) is 17.0 Å². The SMILES string of the molecule is O=C(COC(=O)c1ccccc1CSC1=NCCS1)Nc1ccc(N2CCOCC2)cc1. The molecule has 0 bridgehead atoms. The molecular weight excluding hydrogens is 446 g/mol. The van der Waals surface area contributed by atoms with Crippen LogP contribution in [0.2, 0.25) is 0 Å². The summed E-state index contributed by atoms with van der Waals surface area (Å²) in [5.74, 6) is 0.775. The van der Waals surface area contributed by atoms with Gasteiger partial charge in [-0.3, -0.25) is 9.79 Å². The number of nitrogens with zero attached hydrogens (tertiary/aromatic N) is 2. The number of morpholine rings is 1. The molecule has 9 heteroatoms. The van der Waals surface area contributed by atoms with Crippen LogP contribution in [-0.4, -0.2) is 61.5 Å². The maximum atomic E-state index is 12.6. The summed E-state index contributed by atoms with van der Waals surface area (Å²) in [4.78, 5) is 31.5. The number of aliphatic imine (C=N–C) groups is 1. The minimum atomic E-state index is -0.500. The van der Waals surface area contributed by atoms with Crippen LogP contribution in [0.5, 0.6) is 0 Å². The molecule has 1 amide bonds. The maximum absolute atomic E-state index is 12.6. The molecular formula is C23H25N3O4S2. The Morgan fingerprint density at radius 2 is 1.91 bits per heavy atom. The van der Waals surface area contributed by atoms with Gasteiger partial charge in [0.15, 0.2) is 6.61 Å². The largest absolute Gasteiger partial charge is 0.452 e. The Morgan fingerprint density at radius 1 is 1.12 bits per heavy atom. The molecule has 2 aromatic carbocycles. The molecule has 1 N–H and O–H groups in total. The first-order valence-corrected chi connectivity index (χ1v) is 12.4. The lowest BCUT2D eigenvalue weighted by molar-refractivity contribution is -0.119. The van der Waals surface area contributed by atoms with E-state index in [9.17, 15) is 9.59 Å². The van der Waals surface area contributed by atoms with Crippen molar-refractivity contribution in [1.82, 2.24) is 0 Å². The molecule has 2 aliphatic rings. The molecule has 0 unspecified atom stereocenters. The van der Waals surface area contributed by atoms with Gasteiger partial charge in [0.05, 0.1) is 25.3 Å². The van der Waals surface area contributed by atoms with E-state index in [1.165, 1.54) is 0 Å². The second kappa shape index (κ2) is 11.4. The zero-order valence-corrected chi connectivity index (χ0v) is 19.3. The third-order valence-corrected chi connectivity index (χ3v) is 7.31. The summed E-state index contributed by atoms with van der Waals surface area (Å²) < 4.78 is 11.7. The number of ether oxygens (including phenoxy) is 2. The van der Waals surface area contributed by atoms with E-state index in [2.05, 4.69) is 15.2 Å². The van der Waals surface area contributed by atoms with Crippen LogP contribution in [0.3, 0.4) is 0 Å². The average Bonchev–Trinajstić information content (AvgIpc) is 3.36. The van der Waals surface area contributed by atoms with Crippen molar-refractivity contribution in [3.8, 4) is 0 Å². The van der Waals surface area contributed by atoms with Gasteiger partial charge in [-0.1, -0.05) is 41.7 Å². The van der Waals surface area contributed by atoms with Crippen LogP contribution in [0.1, 0.15) is 15.9 Å². The van der Waals surface area contributed by atoms with Gasteiger partial charge in [-0.15, -0.1) is 0 Å². The van der Waals surface area contributed by atoms with Crippen molar-refractivity contribution in [2.75, 3.05) is 55.4 Å². The molecule has 168 valence electrons. The first-order valence-electron chi connectivity index (χ1n) is 10.5. The monoisotopic (exact) mass is 471 g/mol. The van der Waals surface area contributed by atoms with Crippen LogP contribution in [0.4, 0.5) is 11.4 Å². The van der Waals surface area contributed by atoms with E-state index in [4.69, 9.17) is 9.47 Å². The van der Waals surface area contributed by atoms with Gasteiger partial charge < -0.3 is 19.7 Å². The fourth-order valence-corrected chi connectivity index (χ4v) is 5.38. The van der Waals surface area contributed by atoms with Crippen LogP contribution >= 0.6 is 23.5 Å². The first-order chi connectivity index (χ1) is 15.7. The van der Waals surface area contributed by atoms with Crippen molar-refractivity contribution in [3.63, 3.8) is 0 Å². The average molecular weight is 472 g/mol. The third kappa shape index (κ3) is 6.27. The normalized spacial score (nSPS) is 15.9. The highest BCUT2D eigenvalue weighted by atomic mass is 32.2. The number of carbonyl (C=O) groups is 2. The lowest BCUT2D eigenvalue weighted by atomic mass is 10.1. The van der Waals surface area contributed by atoms with E-state index in [-0.39, 0.29) is 12.5 Å². The maximum Gasteiger partial charge on any atom is 0.338 e. The number of hydrogen-bond acceptors (Lipinski definition) is 8. The zero-order valence-electron chi connectivity index (χ0n) is 17.6. The molecule has 1 fully saturated rings. The van der Waals surface area contributed by atoms with E-state index in [0.717, 1.165) is 54.2 Å². The number of nitrogens with one attached hydrogen (secondary N) is 1. The highest BCUT2D eigenvalue weighted by molar-refractivity contribution is 8.38. The highest BCUT2D eigenvalue weighted by Gasteiger charge is 2.16. The van der Waals surface area contributed by atoms with Crippen molar-refractivity contribution < 1.29 is 19.1 Å². The Balaban J connectivity index is 1.27. The van der Waals surface area contributed by atoms with Crippen LogP contribution < -0.4 is 10.2 Å². The summed E-state index contributed by atoms with van der Waals surface area (Å²) in [7, 11) is 0. The third-order valence-electron chi connectivity index (χ3n) is 5.01. The summed E-state index contributed by atoms with van der Waals surface area (Å²) >= 11 is 3.36. The van der Waals surface area contributed by atoms with Crippen LogP contribution in [0, 0.1) is 0 Å². The topological polar surface area (TPSA) is 80.2 Å².